The summed E-state index contributed by atoms with van der Waals surface area (Å²) in [5.41, 5.74) is 5.00. The molecular formula is C18H18N8O7S3. The number of nitrogens with one attached hydrogen (secondary N) is 1. The first-order valence-corrected chi connectivity index (χ1v) is 12.8. The van der Waals surface area contributed by atoms with Crippen LogP contribution in [0.1, 0.15) is 5.69 Å². The van der Waals surface area contributed by atoms with Crippen LogP contribution < -0.4 is 21.7 Å². The monoisotopic (exact) mass is 554 g/mol. The molecule has 15 nitrogen and oxygen atoms in total. The molecule has 0 saturated carbocycles. The number of amides is 2. The highest BCUT2D eigenvalue weighted by molar-refractivity contribution is 8.01. The average molecular weight is 555 g/mol. The number of thioether (sulfide) groups is 2. The first-order valence-electron chi connectivity index (χ1n) is 9.93. The van der Waals surface area contributed by atoms with Gasteiger partial charge >= 0.3 is 5.97 Å². The molecular weight excluding hydrogens is 536 g/mol. The second-order valence-electron chi connectivity index (χ2n) is 7.25. The molecule has 36 heavy (non-hydrogen) atoms. The maximum Gasteiger partial charge on any atom is 0.565 e. The van der Waals surface area contributed by atoms with Crippen molar-refractivity contribution in [2.24, 2.45) is 12.2 Å². The van der Waals surface area contributed by atoms with Gasteiger partial charge in [-0.3, -0.25) is 19.3 Å². The van der Waals surface area contributed by atoms with Crippen molar-refractivity contribution in [2.45, 2.75) is 16.6 Å². The number of oxime groups is 1. The fourth-order valence-corrected chi connectivity index (χ4v) is 6.36. The summed E-state index contributed by atoms with van der Waals surface area (Å²) in [6, 6.07) is -0.972. The highest BCUT2D eigenvalue weighted by Crippen LogP contribution is 2.41. The largest absolute Gasteiger partial charge is 0.854 e. The Morgan fingerprint density at radius 2 is 2.17 bits per heavy atom. The van der Waals surface area contributed by atoms with Gasteiger partial charge in [0, 0.05) is 28.7 Å². The molecule has 2 aliphatic rings. The van der Waals surface area contributed by atoms with E-state index in [1.54, 1.807) is 0 Å². The van der Waals surface area contributed by atoms with Gasteiger partial charge in [0.15, 0.2) is 21.7 Å². The van der Waals surface area contributed by atoms with Gasteiger partial charge < -0.3 is 26.1 Å². The van der Waals surface area contributed by atoms with Crippen LogP contribution in [0.15, 0.2) is 31.8 Å². The lowest BCUT2D eigenvalue weighted by molar-refractivity contribution is -0.279. The zero-order valence-corrected chi connectivity index (χ0v) is 21.0. The van der Waals surface area contributed by atoms with Crippen LogP contribution in [0, 0.1) is 0 Å². The molecule has 18 heteroatoms. The van der Waals surface area contributed by atoms with Crippen molar-refractivity contribution in [1.82, 2.24) is 30.0 Å². The lowest BCUT2D eigenvalue weighted by Crippen LogP contribution is -2.71. The summed E-state index contributed by atoms with van der Waals surface area (Å²) in [6.07, 6.45) is 0. The minimum absolute atomic E-state index is 0.0989. The van der Waals surface area contributed by atoms with Crippen LogP contribution in [-0.4, -0.2) is 83.3 Å². The van der Waals surface area contributed by atoms with Crippen molar-refractivity contribution in [3.63, 3.8) is 0 Å². The van der Waals surface area contributed by atoms with Crippen molar-refractivity contribution in [1.29, 1.82) is 0 Å². The molecule has 2 aromatic heterocycles. The molecule has 2 aromatic rings. The van der Waals surface area contributed by atoms with E-state index in [1.165, 1.54) is 36.2 Å². The van der Waals surface area contributed by atoms with Gasteiger partial charge in [-0.25, -0.2) is 9.67 Å². The summed E-state index contributed by atoms with van der Waals surface area (Å²) in [7, 11) is 2.70. The topological polar surface area (TPSA) is 221 Å². The number of carbonyl (C=O) groups excluding carboxylic acids is 3. The Bertz CT molecular complexity index is 1370. The summed E-state index contributed by atoms with van der Waals surface area (Å²) in [4.78, 5) is 63.0. The van der Waals surface area contributed by atoms with Gasteiger partial charge in [0.25, 0.3) is 17.4 Å². The third kappa shape index (κ3) is 4.73. The predicted molar refractivity (Wildman–Crippen MR) is 128 cm³/mol. The van der Waals surface area contributed by atoms with Crippen LogP contribution in [0.25, 0.3) is 0 Å². The standard InChI is InChI=1S/C18H18N8O7S3/c1-25-18(22-12(28)13(29)23-25)36-4-6-3-34-15-9(14(30)26(15)10(6)16(31)32)21-11(27)8(24-33-2)7-5-35-17(19)20-7/h5,9,15H,3-4H2,1-2H3,(H2,19,20)(H,21,27)(H,23,29)(H,31,32)/b24-8-/t9-,15?/m1/s1. The van der Waals surface area contributed by atoms with E-state index in [0.29, 0.717) is 5.57 Å². The smallest absolute Gasteiger partial charge is 0.565 e. The number of fused-ring (bicyclic) bond motifs is 1. The van der Waals surface area contributed by atoms with E-state index in [1.807, 2.05) is 0 Å². The minimum atomic E-state index is -1.07. The van der Waals surface area contributed by atoms with Crippen LogP contribution in [0.5, 0.6) is 5.88 Å². The fourth-order valence-electron chi connectivity index (χ4n) is 3.42. The molecule has 2 atom stereocenters. The van der Waals surface area contributed by atoms with E-state index in [-0.39, 0.29) is 38.9 Å². The zero-order valence-electron chi connectivity index (χ0n) is 18.6. The highest BCUT2D eigenvalue weighted by Gasteiger charge is 2.56. The quantitative estimate of drug-likeness (QED) is 0.112. The Kier molecular flexibility index (Phi) is 7.18. The van der Waals surface area contributed by atoms with Crippen LogP contribution in [-0.2, 0) is 26.3 Å². The molecule has 1 fully saturated rings. The summed E-state index contributed by atoms with van der Waals surface area (Å²) in [5.74, 6) is -2.95. The third-order valence-electron chi connectivity index (χ3n) is 4.98. The average Bonchev–Trinajstić information content (AvgIpc) is 3.27. The second kappa shape index (κ2) is 10.2. The number of nitrogens with zero attached hydrogens (tertiary/aromatic N) is 6. The second-order valence-corrected chi connectivity index (χ2v) is 10.2. The van der Waals surface area contributed by atoms with E-state index in [2.05, 4.69) is 25.5 Å². The van der Waals surface area contributed by atoms with Gasteiger partial charge in [-0.1, -0.05) is 16.9 Å². The third-order valence-corrected chi connectivity index (χ3v) is 8.10. The number of rotatable bonds is 8. The van der Waals surface area contributed by atoms with E-state index in [9.17, 15) is 24.3 Å². The molecule has 2 aliphatic heterocycles. The van der Waals surface area contributed by atoms with Gasteiger partial charge in [0.05, 0.1) is 5.88 Å². The lowest BCUT2D eigenvalue weighted by atomic mass is 10.0. The molecule has 0 aromatic carbocycles. The van der Waals surface area contributed by atoms with Gasteiger partial charge in [-0.05, 0) is 5.57 Å². The predicted octanol–water partition coefficient (Wildman–Crippen LogP) is -2.66. The van der Waals surface area contributed by atoms with Gasteiger partial charge in [0.2, 0.25) is 0 Å². The highest BCUT2D eigenvalue weighted by atomic mass is 32.2. The molecule has 1 saturated heterocycles. The maximum atomic E-state index is 12.9. The molecule has 0 aliphatic carbocycles. The molecule has 0 spiro atoms. The molecule has 1 unspecified atom stereocenters. The van der Waals surface area contributed by atoms with Crippen molar-refractivity contribution < 1.29 is 29.4 Å². The summed E-state index contributed by atoms with van der Waals surface area (Å²) in [6.45, 7) is 0. The van der Waals surface area contributed by atoms with Crippen molar-refractivity contribution in [2.75, 3.05) is 24.3 Å². The molecule has 0 radical (unpaired) electrons. The molecule has 4 rings (SSSR count). The number of carbonyl (C=O) groups is 3. The van der Waals surface area contributed by atoms with Crippen molar-refractivity contribution in [3.8, 4) is 5.88 Å². The van der Waals surface area contributed by atoms with Crippen LogP contribution in [0.3, 0.4) is 0 Å². The Morgan fingerprint density at radius 1 is 1.42 bits per heavy atom. The molecule has 5 N–H and O–H groups in total. The van der Waals surface area contributed by atoms with Crippen LogP contribution >= 0.6 is 34.9 Å². The van der Waals surface area contributed by atoms with E-state index < -0.39 is 40.6 Å². The van der Waals surface area contributed by atoms with Crippen LogP contribution in [0.2, 0.25) is 0 Å². The first kappa shape index (κ1) is 25.5. The Hall–Kier alpha value is -3.64. The normalized spacial score (nSPS) is 19.6. The fraction of sp³-hybridized carbons (Fsp3) is 0.333. The van der Waals surface area contributed by atoms with E-state index >= 15 is 0 Å². The van der Waals surface area contributed by atoms with Gasteiger partial charge in [-0.15, -0.1) is 23.1 Å². The van der Waals surface area contributed by atoms with Gasteiger partial charge in [0.1, 0.15) is 24.2 Å². The Labute approximate surface area is 214 Å². The number of thiazole rings is 1. The number of nitrogen functional groups attached to an aromatic ring is 1. The van der Waals surface area contributed by atoms with Gasteiger partial charge in [-0.2, -0.15) is 10.1 Å². The first-order chi connectivity index (χ1) is 17.1. The van der Waals surface area contributed by atoms with Crippen molar-refractivity contribution in [3.05, 3.63) is 32.7 Å². The number of aryl methyl sites for hydroxylation is 1. The maximum absolute atomic E-state index is 12.9. The number of β-lactam (4-membered cyclic amide) rings is 1. The van der Waals surface area contributed by atoms with E-state index in [0.717, 1.165) is 27.8 Å². The number of nitrogens with two attached hydrogens (primary N) is 1. The number of aromatic nitrogens is 4. The van der Waals surface area contributed by atoms with Crippen molar-refractivity contribution >= 4 is 63.5 Å². The lowest BCUT2D eigenvalue weighted by Gasteiger charge is -2.48. The molecule has 4 heterocycles. The number of hydrogen-bond acceptors (Lipinski definition) is 14. The van der Waals surface area contributed by atoms with Crippen LogP contribution in [0.4, 0.5) is 5.13 Å². The number of anilines is 1. The Morgan fingerprint density at radius 3 is 2.81 bits per heavy atom. The minimum Gasteiger partial charge on any atom is -0.854 e. The Balaban J connectivity index is 1.51. The van der Waals surface area contributed by atoms with E-state index in [4.69, 9.17) is 15.7 Å². The summed E-state index contributed by atoms with van der Waals surface area (Å²) >= 11 is 3.43. The SMILES string of the molecule is CO/N=C(\C(=O)N[C@@H]1C(=O)N2C(C(=O)[OH2+])=C(CSc3nc(=O)c([O-])nn3C)CSC12)c1csc(N)n1. The summed E-state index contributed by atoms with van der Waals surface area (Å²) < 4.78 is 1.14. The molecule has 0 bridgehead atoms. The summed E-state index contributed by atoms with van der Waals surface area (Å²) in [5, 5.41) is 30.1. The molecule has 190 valence electrons. The molecule has 2 amide bonds. The zero-order chi connectivity index (χ0) is 26.1. The number of hydrogen-bond donors (Lipinski definition) is 2.